The minimum absolute atomic E-state index is 0.0710. The number of rotatable bonds is 7. The highest BCUT2D eigenvalue weighted by Gasteiger charge is 2.59. The minimum Gasteiger partial charge on any atom is -0.472 e. The summed E-state index contributed by atoms with van der Waals surface area (Å²) in [4.78, 5) is 0. The van der Waals surface area contributed by atoms with Crippen LogP contribution >= 0.6 is 0 Å². The van der Waals surface area contributed by atoms with Crippen LogP contribution < -0.4 is 0 Å². The molecule has 2 fully saturated rings. The van der Waals surface area contributed by atoms with E-state index < -0.39 is 105 Å². The topological polar surface area (TPSA) is 239 Å². The first-order chi connectivity index (χ1) is 17.1. The highest BCUT2D eigenvalue weighted by atomic mass is 16.8. The number of aliphatic hydroxyl groups excluding tert-OH is 10. The highest BCUT2D eigenvalue weighted by Crippen LogP contribution is 2.48. The van der Waals surface area contributed by atoms with E-state index in [1.807, 2.05) is 0 Å². The second kappa shape index (κ2) is 10.9. The van der Waals surface area contributed by atoms with Gasteiger partial charge in [-0.1, -0.05) is 6.08 Å². The Morgan fingerprint density at radius 2 is 1.53 bits per heavy atom. The van der Waals surface area contributed by atoms with Crippen molar-refractivity contribution in [2.24, 2.45) is 11.8 Å². The third kappa shape index (κ3) is 4.60. The van der Waals surface area contributed by atoms with E-state index in [1.165, 1.54) is 12.2 Å². The molecular formula is C22H34O14. The lowest BCUT2D eigenvalue weighted by Gasteiger charge is -2.49. The summed E-state index contributed by atoms with van der Waals surface area (Å²) in [6.07, 6.45) is -12.8. The van der Waals surface area contributed by atoms with E-state index in [1.54, 1.807) is 0 Å². The van der Waals surface area contributed by atoms with Crippen LogP contribution in [-0.2, 0) is 18.9 Å². The smallest absolute Gasteiger partial charge is 0.211 e. The molecule has 206 valence electrons. The van der Waals surface area contributed by atoms with Crippen molar-refractivity contribution in [3.63, 3.8) is 0 Å². The molecule has 0 amide bonds. The average molecular weight is 523 g/mol. The van der Waals surface area contributed by atoms with Gasteiger partial charge in [0.1, 0.15) is 48.3 Å². The Bertz CT molecular complexity index is 819. The zero-order valence-corrected chi connectivity index (χ0v) is 19.2. The maximum atomic E-state index is 11.0. The van der Waals surface area contributed by atoms with Crippen LogP contribution in [0.25, 0.3) is 0 Å². The zero-order chi connectivity index (χ0) is 26.4. The molecule has 1 saturated heterocycles. The van der Waals surface area contributed by atoms with Gasteiger partial charge in [0, 0.05) is 12.5 Å². The van der Waals surface area contributed by atoms with Crippen LogP contribution in [0.3, 0.4) is 0 Å². The van der Waals surface area contributed by atoms with E-state index in [0.717, 1.165) is 6.26 Å². The first kappa shape index (κ1) is 27.8. The van der Waals surface area contributed by atoms with Gasteiger partial charge in [-0.2, -0.15) is 0 Å². The van der Waals surface area contributed by atoms with Crippen molar-refractivity contribution >= 4 is 0 Å². The maximum Gasteiger partial charge on any atom is 0.211 e. The Balaban J connectivity index is 1.60. The monoisotopic (exact) mass is 522 g/mol. The molecule has 14 heteroatoms. The van der Waals surface area contributed by atoms with Crippen molar-refractivity contribution in [1.29, 1.82) is 0 Å². The van der Waals surface area contributed by atoms with Gasteiger partial charge in [-0.15, -0.1) is 0 Å². The summed E-state index contributed by atoms with van der Waals surface area (Å²) in [5.74, 6) is -1.91. The van der Waals surface area contributed by atoms with Gasteiger partial charge in [0.15, 0.2) is 6.29 Å². The largest absolute Gasteiger partial charge is 0.472 e. The van der Waals surface area contributed by atoms with E-state index in [4.69, 9.17) is 18.9 Å². The van der Waals surface area contributed by atoms with Crippen molar-refractivity contribution in [2.45, 2.75) is 79.5 Å². The molecule has 4 aliphatic rings. The summed E-state index contributed by atoms with van der Waals surface area (Å²) in [5.41, 5.74) is -1.49. The van der Waals surface area contributed by atoms with Crippen molar-refractivity contribution in [3.8, 4) is 0 Å². The molecule has 2 heterocycles. The number of aliphatic hydroxyl groups is 10. The molecular weight excluding hydrogens is 488 g/mol. The van der Waals surface area contributed by atoms with Crippen LogP contribution in [0.15, 0.2) is 24.0 Å². The Morgan fingerprint density at radius 3 is 2.17 bits per heavy atom. The Labute approximate surface area is 205 Å². The lowest BCUT2D eigenvalue weighted by Crippen LogP contribution is -2.63. The van der Waals surface area contributed by atoms with Crippen molar-refractivity contribution in [1.82, 2.24) is 0 Å². The van der Waals surface area contributed by atoms with E-state index in [-0.39, 0.29) is 12.0 Å². The summed E-state index contributed by atoms with van der Waals surface area (Å²) in [7, 11) is 0. The molecule has 2 aliphatic carbocycles. The van der Waals surface area contributed by atoms with E-state index >= 15 is 0 Å². The molecule has 0 spiro atoms. The van der Waals surface area contributed by atoms with Gasteiger partial charge in [-0.3, -0.25) is 0 Å². The first-order valence-corrected chi connectivity index (χ1v) is 11.7. The number of hydrogen-bond acceptors (Lipinski definition) is 14. The van der Waals surface area contributed by atoms with Crippen LogP contribution in [0.2, 0.25) is 0 Å². The second-order valence-electron chi connectivity index (χ2n) is 9.62. The third-order valence-corrected chi connectivity index (χ3v) is 7.52. The van der Waals surface area contributed by atoms with Gasteiger partial charge in [-0.25, -0.2) is 0 Å². The molecule has 0 aromatic carbocycles. The quantitative estimate of drug-likeness (QED) is 0.141. The van der Waals surface area contributed by atoms with Crippen LogP contribution in [-0.4, -0.2) is 144 Å². The fourth-order valence-electron chi connectivity index (χ4n) is 5.40. The van der Waals surface area contributed by atoms with Gasteiger partial charge in [0.2, 0.25) is 6.29 Å². The fourth-order valence-corrected chi connectivity index (χ4v) is 5.40. The molecule has 1 saturated carbocycles. The molecule has 14 unspecified atom stereocenters. The standard InChI is InChI=1S/C22H34O14/c23-5-8-4-12(26)22(36-10-3-9(6-24)14(27)17(30)15(10)28)1-2-33-20(13(8)22)35-21-19(32)18(31)16(29)11(7-25)34-21/h1-2,4,9-21,23-32H,3,5-7H2. The van der Waals surface area contributed by atoms with Crippen LogP contribution in [0, 0.1) is 11.8 Å². The Kier molecular flexibility index (Phi) is 8.38. The van der Waals surface area contributed by atoms with E-state index in [9.17, 15) is 51.1 Å². The van der Waals surface area contributed by atoms with Crippen molar-refractivity contribution in [2.75, 3.05) is 19.8 Å². The summed E-state index contributed by atoms with van der Waals surface area (Å²) < 4.78 is 22.8. The molecule has 14 nitrogen and oxygen atoms in total. The SMILES string of the molecule is OCC1=CC(O)C2(OC3CC(CO)C(O)C(O)C3O)C=COC(OC3OC(CO)C(O)C(O)C3O)C12. The molecule has 14 atom stereocenters. The number of ether oxygens (including phenoxy) is 4. The normalized spacial score (nSPS) is 50.9. The minimum atomic E-state index is -1.75. The van der Waals surface area contributed by atoms with Crippen LogP contribution in [0.1, 0.15) is 6.42 Å². The summed E-state index contributed by atoms with van der Waals surface area (Å²) in [5, 5.41) is 101. The zero-order valence-electron chi connectivity index (χ0n) is 19.2. The van der Waals surface area contributed by atoms with E-state index in [2.05, 4.69) is 0 Å². The fraction of sp³-hybridized carbons (Fsp3) is 0.818. The highest BCUT2D eigenvalue weighted by molar-refractivity contribution is 5.34. The van der Waals surface area contributed by atoms with Gasteiger partial charge < -0.3 is 70.0 Å². The molecule has 36 heavy (non-hydrogen) atoms. The van der Waals surface area contributed by atoms with Crippen LogP contribution in [0.5, 0.6) is 0 Å². The third-order valence-electron chi connectivity index (χ3n) is 7.52. The summed E-state index contributed by atoms with van der Waals surface area (Å²) >= 11 is 0. The van der Waals surface area contributed by atoms with Gasteiger partial charge in [-0.05, 0) is 18.1 Å². The lowest BCUT2D eigenvalue weighted by atomic mass is 9.79. The van der Waals surface area contributed by atoms with Gasteiger partial charge in [0.25, 0.3) is 0 Å². The molecule has 0 aromatic heterocycles. The average Bonchev–Trinajstić information content (AvgIpc) is 3.16. The van der Waals surface area contributed by atoms with E-state index in [0.29, 0.717) is 0 Å². The molecule has 4 rings (SSSR count). The molecule has 10 N–H and O–H groups in total. The Morgan fingerprint density at radius 1 is 0.833 bits per heavy atom. The summed E-state index contributed by atoms with van der Waals surface area (Å²) in [6, 6.07) is 0. The van der Waals surface area contributed by atoms with Crippen LogP contribution in [0.4, 0.5) is 0 Å². The van der Waals surface area contributed by atoms with Crippen molar-refractivity contribution < 1.29 is 70.0 Å². The molecule has 0 bridgehead atoms. The second-order valence-corrected chi connectivity index (χ2v) is 9.62. The lowest BCUT2D eigenvalue weighted by molar-refractivity contribution is -0.347. The summed E-state index contributed by atoms with van der Waals surface area (Å²) in [6.45, 7) is -1.74. The number of fused-ring (bicyclic) bond motifs is 1. The van der Waals surface area contributed by atoms with Crippen molar-refractivity contribution in [3.05, 3.63) is 24.0 Å². The predicted octanol–water partition coefficient (Wildman–Crippen LogP) is -5.20. The van der Waals surface area contributed by atoms with Gasteiger partial charge in [0.05, 0.1) is 37.6 Å². The number of hydrogen-bond donors (Lipinski definition) is 10. The molecule has 0 radical (unpaired) electrons. The molecule has 2 aliphatic heterocycles. The Hall–Kier alpha value is -1.24. The van der Waals surface area contributed by atoms with Gasteiger partial charge >= 0.3 is 0 Å². The predicted molar refractivity (Wildman–Crippen MR) is 114 cm³/mol. The molecule has 0 aromatic rings. The first-order valence-electron chi connectivity index (χ1n) is 11.7. The maximum absolute atomic E-state index is 11.0.